The van der Waals surface area contributed by atoms with Gasteiger partial charge in [0.2, 0.25) is 0 Å². The molecule has 0 saturated heterocycles. The van der Waals surface area contributed by atoms with Crippen LogP contribution in [0.2, 0.25) is 0 Å². The van der Waals surface area contributed by atoms with Gasteiger partial charge in [0.1, 0.15) is 0 Å². The molecule has 3 aromatic rings. The maximum Gasteiger partial charge on any atom is 0.0991 e. The van der Waals surface area contributed by atoms with E-state index >= 15 is 0 Å². The molecule has 3 heteroatoms. The summed E-state index contributed by atoms with van der Waals surface area (Å²) in [5, 5.41) is 13.3. The largest absolute Gasteiger partial charge is 0.388 e. The second-order valence-electron chi connectivity index (χ2n) is 5.37. The summed E-state index contributed by atoms with van der Waals surface area (Å²) in [5.74, 6) is 0. The second-order valence-corrected chi connectivity index (χ2v) is 5.37. The van der Waals surface area contributed by atoms with Gasteiger partial charge in [0.25, 0.3) is 0 Å². The molecule has 0 bridgehead atoms. The quantitative estimate of drug-likeness (QED) is 0.777. The summed E-state index contributed by atoms with van der Waals surface area (Å²) in [4.78, 5) is 4.38. The number of aromatic nitrogens is 1. The number of benzene rings is 2. The highest BCUT2D eigenvalue weighted by Gasteiger charge is 2.06. The Morgan fingerprint density at radius 1 is 1.22 bits per heavy atom. The van der Waals surface area contributed by atoms with Gasteiger partial charge in [0, 0.05) is 24.3 Å². The van der Waals surface area contributed by atoms with Crippen LogP contribution in [-0.4, -0.2) is 12.0 Å². The van der Waals surface area contributed by atoms with Gasteiger partial charge in [0.05, 0.1) is 17.1 Å². The smallest absolute Gasteiger partial charge is 0.0991 e. The van der Waals surface area contributed by atoms with E-state index in [1.807, 2.05) is 37.5 Å². The van der Waals surface area contributed by atoms with E-state index in [1.165, 1.54) is 11.1 Å². The van der Waals surface area contributed by atoms with Crippen LogP contribution in [0.15, 0.2) is 55.2 Å². The maximum atomic E-state index is 9.12. The Bertz CT molecular complexity index is 920. The van der Waals surface area contributed by atoms with E-state index in [0.717, 1.165) is 28.6 Å². The lowest BCUT2D eigenvalue weighted by Gasteiger charge is -2.10. The number of nitrogens with zero attached hydrogens (tertiary/aromatic N) is 2. The molecule has 0 radical (unpaired) electrons. The van der Waals surface area contributed by atoms with Gasteiger partial charge in [0.15, 0.2) is 0 Å². The van der Waals surface area contributed by atoms with Gasteiger partial charge in [-0.2, -0.15) is 5.26 Å². The molecule has 0 aliphatic heterocycles. The van der Waals surface area contributed by atoms with E-state index < -0.39 is 0 Å². The third kappa shape index (κ3) is 2.93. The van der Waals surface area contributed by atoms with Crippen molar-refractivity contribution in [1.82, 2.24) is 4.98 Å². The lowest BCUT2D eigenvalue weighted by Crippen LogP contribution is -1.96. The van der Waals surface area contributed by atoms with Crippen LogP contribution in [0.1, 0.15) is 22.3 Å². The maximum absolute atomic E-state index is 9.12. The number of hydrogen-bond acceptors (Lipinski definition) is 3. The summed E-state index contributed by atoms with van der Waals surface area (Å²) in [5.41, 5.74) is 6.09. The molecule has 3 rings (SSSR count). The number of nitrogens with one attached hydrogen (secondary N) is 1. The van der Waals surface area contributed by atoms with Gasteiger partial charge in [-0.25, -0.2) is 0 Å². The molecule has 112 valence electrons. The Morgan fingerprint density at radius 3 is 2.83 bits per heavy atom. The first-order chi connectivity index (χ1) is 11.2. The number of fused-ring (bicyclic) bond motifs is 1. The highest BCUT2D eigenvalue weighted by Crippen LogP contribution is 2.24. The van der Waals surface area contributed by atoms with E-state index in [-0.39, 0.29) is 0 Å². The number of anilines is 1. The first kappa shape index (κ1) is 14.8. The van der Waals surface area contributed by atoms with Gasteiger partial charge < -0.3 is 5.32 Å². The van der Waals surface area contributed by atoms with Crippen LogP contribution >= 0.6 is 0 Å². The highest BCUT2D eigenvalue weighted by atomic mass is 14.8. The zero-order valence-electron chi connectivity index (χ0n) is 13.0. The molecule has 0 unspecified atom stereocenters. The van der Waals surface area contributed by atoms with Crippen molar-refractivity contribution < 1.29 is 0 Å². The van der Waals surface area contributed by atoms with Crippen molar-refractivity contribution in [1.29, 1.82) is 5.26 Å². The molecule has 1 N–H and O–H groups in total. The Kier molecular flexibility index (Phi) is 4.07. The van der Waals surface area contributed by atoms with Gasteiger partial charge in [-0.3, -0.25) is 4.98 Å². The van der Waals surface area contributed by atoms with Crippen molar-refractivity contribution in [2.45, 2.75) is 6.42 Å². The third-order valence-electron chi connectivity index (χ3n) is 3.96. The summed E-state index contributed by atoms with van der Waals surface area (Å²) >= 11 is 0. The molecule has 2 aromatic carbocycles. The van der Waals surface area contributed by atoms with Crippen molar-refractivity contribution in [3.63, 3.8) is 0 Å². The third-order valence-corrected chi connectivity index (χ3v) is 3.96. The summed E-state index contributed by atoms with van der Waals surface area (Å²) in [6.07, 6.45) is 4.46. The molecular formula is C20H17N3. The Labute approximate surface area is 135 Å². The van der Waals surface area contributed by atoms with Crippen molar-refractivity contribution in [2.24, 2.45) is 0 Å². The van der Waals surface area contributed by atoms with E-state index in [1.54, 1.807) is 6.07 Å². The van der Waals surface area contributed by atoms with Gasteiger partial charge in [-0.15, -0.1) is 0 Å². The molecule has 0 aliphatic carbocycles. The first-order valence-corrected chi connectivity index (χ1v) is 7.46. The number of hydrogen-bond donors (Lipinski definition) is 1. The van der Waals surface area contributed by atoms with Gasteiger partial charge in [-0.1, -0.05) is 18.7 Å². The minimum absolute atomic E-state index is 0.657. The van der Waals surface area contributed by atoms with E-state index in [9.17, 15) is 0 Å². The average Bonchev–Trinajstić information content (AvgIpc) is 2.61. The van der Waals surface area contributed by atoms with Crippen LogP contribution in [0.5, 0.6) is 0 Å². The number of pyridine rings is 1. The second kappa shape index (κ2) is 6.33. The summed E-state index contributed by atoms with van der Waals surface area (Å²) in [6.45, 7) is 3.87. The zero-order valence-corrected chi connectivity index (χ0v) is 13.0. The van der Waals surface area contributed by atoms with Gasteiger partial charge in [-0.05, 0) is 59.5 Å². The van der Waals surface area contributed by atoms with Crippen molar-refractivity contribution >= 4 is 22.7 Å². The molecule has 0 amide bonds. The molecule has 1 aromatic heterocycles. The Balaban J connectivity index is 2.05. The molecule has 0 atom stereocenters. The molecular weight excluding hydrogens is 282 g/mol. The lowest BCUT2D eigenvalue weighted by molar-refractivity contribution is 1.19. The average molecular weight is 299 g/mol. The van der Waals surface area contributed by atoms with Crippen LogP contribution in [0.4, 0.5) is 5.69 Å². The van der Waals surface area contributed by atoms with Crippen LogP contribution in [-0.2, 0) is 6.42 Å². The predicted octanol–water partition coefficient (Wildman–Crippen LogP) is 4.38. The normalized spacial score (nSPS) is 10.3. The summed E-state index contributed by atoms with van der Waals surface area (Å²) in [7, 11) is 1.90. The fourth-order valence-electron chi connectivity index (χ4n) is 2.77. The number of rotatable bonds is 4. The molecule has 1 heterocycles. The lowest BCUT2D eigenvalue weighted by atomic mass is 9.98. The molecule has 0 fully saturated rings. The Hall–Kier alpha value is -3.12. The Morgan fingerprint density at radius 2 is 2.09 bits per heavy atom. The fourth-order valence-corrected chi connectivity index (χ4v) is 2.77. The fraction of sp³-hybridized carbons (Fsp3) is 0.100. The molecule has 0 saturated carbocycles. The number of nitriles is 1. The minimum Gasteiger partial charge on any atom is -0.388 e. The van der Waals surface area contributed by atoms with E-state index in [0.29, 0.717) is 5.56 Å². The van der Waals surface area contributed by atoms with Crippen LogP contribution in [0.3, 0.4) is 0 Å². The summed E-state index contributed by atoms with van der Waals surface area (Å²) in [6, 6.07) is 16.1. The SMILES string of the molecule is C=Cc1cc(Cc2ccnc3ccc(C#N)cc23)ccc1NC. The van der Waals surface area contributed by atoms with Crippen molar-refractivity contribution in [2.75, 3.05) is 12.4 Å². The highest BCUT2D eigenvalue weighted by molar-refractivity contribution is 5.83. The van der Waals surface area contributed by atoms with Crippen LogP contribution in [0, 0.1) is 11.3 Å². The van der Waals surface area contributed by atoms with Gasteiger partial charge >= 0.3 is 0 Å². The van der Waals surface area contributed by atoms with Crippen LogP contribution in [0.25, 0.3) is 17.0 Å². The van der Waals surface area contributed by atoms with Crippen LogP contribution < -0.4 is 5.32 Å². The van der Waals surface area contributed by atoms with Crippen molar-refractivity contribution in [3.05, 3.63) is 77.5 Å². The monoisotopic (exact) mass is 299 g/mol. The van der Waals surface area contributed by atoms with E-state index in [2.05, 4.69) is 41.1 Å². The molecule has 3 nitrogen and oxygen atoms in total. The minimum atomic E-state index is 0.657. The summed E-state index contributed by atoms with van der Waals surface area (Å²) < 4.78 is 0. The van der Waals surface area contributed by atoms with Crippen molar-refractivity contribution in [3.8, 4) is 6.07 Å². The molecule has 0 aliphatic rings. The molecule has 0 spiro atoms. The molecule has 23 heavy (non-hydrogen) atoms. The van der Waals surface area contributed by atoms with E-state index in [4.69, 9.17) is 5.26 Å². The predicted molar refractivity (Wildman–Crippen MR) is 95.3 cm³/mol. The zero-order chi connectivity index (χ0) is 16.2. The topological polar surface area (TPSA) is 48.7 Å². The standard InChI is InChI=1S/C20H17N3/c1-3-16-10-14(4-6-19(16)22-2)11-17-8-9-23-20-7-5-15(13-21)12-18(17)20/h3-10,12,22H,1,11H2,2H3. The first-order valence-electron chi connectivity index (χ1n) is 7.46.